The lowest BCUT2D eigenvalue weighted by molar-refractivity contribution is -0.116. The van der Waals surface area contributed by atoms with E-state index < -0.39 is 0 Å². The first-order valence-electron chi connectivity index (χ1n) is 8.19. The predicted molar refractivity (Wildman–Crippen MR) is 105 cm³/mol. The van der Waals surface area contributed by atoms with Gasteiger partial charge in [0, 0.05) is 59.7 Å². The van der Waals surface area contributed by atoms with Crippen molar-refractivity contribution in [2.45, 2.75) is 13.3 Å². The van der Waals surface area contributed by atoms with Crippen molar-refractivity contribution in [3.8, 4) is 0 Å². The third-order valence-electron chi connectivity index (χ3n) is 4.33. The van der Waals surface area contributed by atoms with Crippen LogP contribution in [0.25, 0.3) is 21.8 Å². The molecule has 0 saturated heterocycles. The number of halogens is 1. The average molecular weight is 353 g/mol. The van der Waals surface area contributed by atoms with Crippen molar-refractivity contribution in [2.75, 3.05) is 0 Å². The molecule has 4 heteroatoms. The molecule has 0 aliphatic heterocycles. The van der Waals surface area contributed by atoms with E-state index in [4.69, 9.17) is 11.6 Å². The van der Waals surface area contributed by atoms with Crippen LogP contribution in [0.4, 0.5) is 0 Å². The molecular formula is C21H21ClN2O. The van der Waals surface area contributed by atoms with Gasteiger partial charge in [0.25, 0.3) is 0 Å². The Labute approximate surface area is 152 Å². The number of aromatic nitrogens is 2. The highest BCUT2D eigenvalue weighted by molar-refractivity contribution is 6.35. The maximum Gasteiger partial charge on any atom is 0.134 e. The van der Waals surface area contributed by atoms with E-state index in [2.05, 4.69) is 27.3 Å². The summed E-state index contributed by atoms with van der Waals surface area (Å²) >= 11 is 5.96. The maximum absolute atomic E-state index is 11.1. The third-order valence-corrected chi connectivity index (χ3v) is 4.66. The number of carbonyl (C=O) groups excluding carboxylic acids is 1. The minimum Gasteiger partial charge on any atom is -0.351 e. The van der Waals surface area contributed by atoms with Crippen LogP contribution in [0.3, 0.4) is 0 Å². The molecule has 4 aromatic rings. The number of Topliss-reactive ketones (excluding diaryl/α,β-unsaturated/α-hetero) is 1. The Kier molecular flexibility index (Phi) is 4.95. The molecule has 128 valence electrons. The molecular weight excluding hydrogens is 332 g/mol. The van der Waals surface area contributed by atoms with Crippen molar-refractivity contribution >= 4 is 39.2 Å². The van der Waals surface area contributed by atoms with Crippen LogP contribution in [0, 0.1) is 0 Å². The molecule has 0 spiro atoms. The van der Waals surface area contributed by atoms with Crippen molar-refractivity contribution in [3.63, 3.8) is 0 Å². The fourth-order valence-corrected chi connectivity index (χ4v) is 3.29. The molecule has 0 atom stereocenters. The highest BCUT2D eigenvalue weighted by Gasteiger charge is 2.05. The molecule has 0 radical (unpaired) electrons. The molecule has 0 unspecified atom stereocenters. The van der Waals surface area contributed by atoms with Gasteiger partial charge in [-0.05, 0) is 42.8 Å². The summed E-state index contributed by atoms with van der Waals surface area (Å²) in [6.45, 7) is 1.63. The normalized spacial score (nSPS) is 10.7. The van der Waals surface area contributed by atoms with Crippen molar-refractivity contribution in [1.29, 1.82) is 0 Å². The highest BCUT2D eigenvalue weighted by Crippen LogP contribution is 2.23. The van der Waals surface area contributed by atoms with Gasteiger partial charge in [0.05, 0.1) is 0 Å². The van der Waals surface area contributed by atoms with E-state index in [0.717, 1.165) is 16.0 Å². The van der Waals surface area contributed by atoms with Gasteiger partial charge in [-0.15, -0.1) is 0 Å². The SMILES string of the molecule is CC(=O)Cc1cccc2c1ccn2C.Cn1ccc2c(Cl)cccc21. The van der Waals surface area contributed by atoms with Crippen molar-refractivity contribution in [3.05, 3.63) is 71.5 Å². The fraction of sp³-hybridized carbons (Fsp3) is 0.190. The van der Waals surface area contributed by atoms with Gasteiger partial charge >= 0.3 is 0 Å². The average Bonchev–Trinajstić information content (AvgIpc) is 3.14. The number of ketones is 1. The van der Waals surface area contributed by atoms with Crippen LogP contribution in [0.15, 0.2) is 60.9 Å². The monoisotopic (exact) mass is 352 g/mol. The van der Waals surface area contributed by atoms with Gasteiger partial charge in [-0.2, -0.15) is 0 Å². The third kappa shape index (κ3) is 3.62. The van der Waals surface area contributed by atoms with Gasteiger partial charge in [0.2, 0.25) is 0 Å². The number of nitrogens with zero attached hydrogens (tertiary/aromatic N) is 2. The van der Waals surface area contributed by atoms with Crippen molar-refractivity contribution in [2.24, 2.45) is 14.1 Å². The van der Waals surface area contributed by atoms with Gasteiger partial charge < -0.3 is 9.13 Å². The van der Waals surface area contributed by atoms with E-state index in [1.165, 1.54) is 16.4 Å². The zero-order valence-corrected chi connectivity index (χ0v) is 15.4. The van der Waals surface area contributed by atoms with Crippen LogP contribution >= 0.6 is 11.6 Å². The Morgan fingerprint density at radius 3 is 2.04 bits per heavy atom. The zero-order valence-electron chi connectivity index (χ0n) is 14.7. The van der Waals surface area contributed by atoms with Crippen LogP contribution in [0.2, 0.25) is 5.02 Å². The number of carbonyl (C=O) groups is 1. The van der Waals surface area contributed by atoms with Crippen molar-refractivity contribution < 1.29 is 4.79 Å². The second-order valence-electron chi connectivity index (χ2n) is 6.25. The second-order valence-corrected chi connectivity index (χ2v) is 6.66. The number of aryl methyl sites for hydroxylation is 2. The molecule has 0 N–H and O–H groups in total. The molecule has 0 saturated carbocycles. The Balaban J connectivity index is 0.000000150. The van der Waals surface area contributed by atoms with Crippen LogP contribution < -0.4 is 0 Å². The number of hydrogen-bond acceptors (Lipinski definition) is 1. The van der Waals surface area contributed by atoms with Gasteiger partial charge in [0.1, 0.15) is 5.78 Å². The lowest BCUT2D eigenvalue weighted by Gasteiger charge is -2.01. The summed E-state index contributed by atoms with van der Waals surface area (Å²) in [5.74, 6) is 0.210. The first-order chi connectivity index (χ1) is 12.0. The molecule has 0 fully saturated rings. The lowest BCUT2D eigenvalue weighted by atomic mass is 10.1. The molecule has 2 heterocycles. The molecule has 0 aliphatic carbocycles. The predicted octanol–water partition coefficient (Wildman–Crippen LogP) is 5.14. The summed E-state index contributed by atoms with van der Waals surface area (Å²) in [4.78, 5) is 11.1. The van der Waals surface area contributed by atoms with E-state index in [1.807, 2.05) is 56.8 Å². The Hall–Kier alpha value is -2.52. The summed E-state index contributed by atoms with van der Waals surface area (Å²) in [5.41, 5.74) is 3.48. The molecule has 0 amide bonds. The van der Waals surface area contributed by atoms with E-state index in [-0.39, 0.29) is 5.78 Å². The summed E-state index contributed by atoms with van der Waals surface area (Å²) in [6.07, 6.45) is 4.56. The fourth-order valence-electron chi connectivity index (χ4n) is 3.05. The Morgan fingerprint density at radius 1 is 0.880 bits per heavy atom. The van der Waals surface area contributed by atoms with E-state index in [9.17, 15) is 4.79 Å². The Bertz CT molecular complexity index is 1040. The van der Waals surface area contributed by atoms with Gasteiger partial charge in [-0.1, -0.05) is 29.8 Å². The standard InChI is InChI=1S/C12H13NO.C9H8ClN/c1-9(14)8-10-4-3-5-12-11(10)6-7-13(12)2;1-11-6-5-7-8(10)3-2-4-9(7)11/h3-7H,8H2,1-2H3;2-6H,1H3. The minimum atomic E-state index is 0.210. The molecule has 2 aromatic heterocycles. The maximum atomic E-state index is 11.1. The topological polar surface area (TPSA) is 26.9 Å². The summed E-state index contributed by atoms with van der Waals surface area (Å²) < 4.78 is 4.13. The lowest BCUT2D eigenvalue weighted by Crippen LogP contribution is -1.96. The number of benzene rings is 2. The van der Waals surface area contributed by atoms with Gasteiger partial charge in [0.15, 0.2) is 0 Å². The second kappa shape index (κ2) is 7.16. The molecule has 25 heavy (non-hydrogen) atoms. The largest absolute Gasteiger partial charge is 0.351 e. The van der Waals surface area contributed by atoms with Crippen LogP contribution in [-0.2, 0) is 25.3 Å². The summed E-state index contributed by atoms with van der Waals surface area (Å²) in [5, 5.41) is 3.13. The highest BCUT2D eigenvalue weighted by atomic mass is 35.5. The summed E-state index contributed by atoms with van der Waals surface area (Å²) in [6, 6.07) is 16.1. The quantitative estimate of drug-likeness (QED) is 0.490. The molecule has 3 nitrogen and oxygen atoms in total. The van der Waals surface area contributed by atoms with Crippen LogP contribution in [0.5, 0.6) is 0 Å². The van der Waals surface area contributed by atoms with E-state index in [1.54, 1.807) is 6.92 Å². The molecule has 2 aromatic carbocycles. The summed E-state index contributed by atoms with van der Waals surface area (Å²) in [7, 11) is 4.03. The van der Waals surface area contributed by atoms with E-state index >= 15 is 0 Å². The first kappa shape index (κ1) is 17.3. The number of rotatable bonds is 2. The minimum absolute atomic E-state index is 0.210. The van der Waals surface area contributed by atoms with Gasteiger partial charge in [-0.25, -0.2) is 0 Å². The van der Waals surface area contributed by atoms with E-state index in [0.29, 0.717) is 6.42 Å². The number of fused-ring (bicyclic) bond motifs is 2. The van der Waals surface area contributed by atoms with Crippen LogP contribution in [-0.4, -0.2) is 14.9 Å². The molecule has 0 aliphatic rings. The Morgan fingerprint density at radius 2 is 1.44 bits per heavy atom. The van der Waals surface area contributed by atoms with Crippen LogP contribution in [0.1, 0.15) is 12.5 Å². The molecule has 0 bridgehead atoms. The smallest absolute Gasteiger partial charge is 0.134 e. The number of hydrogen-bond donors (Lipinski definition) is 0. The zero-order chi connectivity index (χ0) is 18.0. The van der Waals surface area contributed by atoms with Gasteiger partial charge in [-0.3, -0.25) is 4.79 Å². The first-order valence-corrected chi connectivity index (χ1v) is 8.57. The van der Waals surface area contributed by atoms with Crippen molar-refractivity contribution in [1.82, 2.24) is 9.13 Å². The molecule has 4 rings (SSSR count).